The minimum atomic E-state index is 0.788. The first-order valence-corrected chi connectivity index (χ1v) is 14.8. The van der Waals surface area contributed by atoms with Gasteiger partial charge in [-0.05, 0) is 57.2 Å². The summed E-state index contributed by atoms with van der Waals surface area (Å²) < 4.78 is 12.6. The summed E-state index contributed by atoms with van der Waals surface area (Å²) in [5.74, 6) is 2.03. The number of fused-ring (bicyclic) bond motifs is 1. The Morgan fingerprint density at radius 3 is 1.72 bits per heavy atom. The maximum Gasteiger partial charge on any atom is 0.130 e. The average molecular weight is 570 g/mol. The molecule has 0 aliphatic carbocycles. The van der Waals surface area contributed by atoms with Crippen molar-refractivity contribution in [2.45, 2.75) is 90.9 Å². The molecule has 0 saturated heterocycles. The molecular weight excluding hydrogens is 528 g/mol. The molecule has 0 saturated carbocycles. The standard InChI is InChI=1S/C28H42Br2O2/c1-23-15-16-25-26(21-23)27(31-19-13-9-5-3-7-11-17-29)22-24(2)28(25)32-20-14-10-6-4-8-12-18-30/h15-16,21-22H,3-14,17-20H2,1-2H3. The number of rotatable bonds is 18. The molecule has 0 aromatic heterocycles. The fraction of sp³-hybridized carbons (Fsp3) is 0.643. The predicted molar refractivity (Wildman–Crippen MR) is 147 cm³/mol. The van der Waals surface area contributed by atoms with Crippen molar-refractivity contribution >= 4 is 42.6 Å². The van der Waals surface area contributed by atoms with E-state index in [0.717, 1.165) is 48.2 Å². The Hall–Kier alpha value is -0.740. The highest BCUT2D eigenvalue weighted by Crippen LogP contribution is 2.37. The van der Waals surface area contributed by atoms with Gasteiger partial charge >= 0.3 is 0 Å². The van der Waals surface area contributed by atoms with Gasteiger partial charge in [-0.3, -0.25) is 0 Å². The molecule has 2 aromatic carbocycles. The molecule has 0 atom stereocenters. The van der Waals surface area contributed by atoms with Crippen LogP contribution in [0.3, 0.4) is 0 Å². The van der Waals surface area contributed by atoms with E-state index in [1.807, 2.05) is 0 Å². The van der Waals surface area contributed by atoms with Gasteiger partial charge in [0.1, 0.15) is 11.5 Å². The molecule has 0 unspecified atom stereocenters. The molecule has 2 aromatic rings. The lowest BCUT2D eigenvalue weighted by molar-refractivity contribution is 0.300. The van der Waals surface area contributed by atoms with Crippen LogP contribution in [0.5, 0.6) is 11.5 Å². The zero-order valence-electron chi connectivity index (χ0n) is 20.2. The maximum absolute atomic E-state index is 6.30. The SMILES string of the molecule is Cc1ccc2c(OCCCCCCCCBr)c(C)cc(OCCCCCCCCBr)c2c1. The predicted octanol–water partition coefficient (Wildman–Crippen LogP) is 9.69. The van der Waals surface area contributed by atoms with E-state index in [1.165, 1.54) is 86.1 Å². The molecule has 180 valence electrons. The van der Waals surface area contributed by atoms with Gasteiger partial charge in [0.15, 0.2) is 0 Å². The number of aryl methyl sites for hydroxylation is 2. The van der Waals surface area contributed by atoms with Gasteiger partial charge in [-0.25, -0.2) is 0 Å². The Kier molecular flexibility index (Phi) is 14.4. The molecule has 2 rings (SSSR count). The van der Waals surface area contributed by atoms with E-state index in [0.29, 0.717) is 0 Å². The Morgan fingerprint density at radius 2 is 1.12 bits per heavy atom. The first-order valence-electron chi connectivity index (χ1n) is 12.6. The Balaban J connectivity index is 1.89. The van der Waals surface area contributed by atoms with Crippen LogP contribution >= 0.6 is 31.9 Å². The van der Waals surface area contributed by atoms with Crippen LogP contribution in [0.4, 0.5) is 0 Å². The first-order chi connectivity index (χ1) is 15.7. The van der Waals surface area contributed by atoms with Crippen LogP contribution in [0.1, 0.15) is 88.2 Å². The van der Waals surface area contributed by atoms with Gasteiger partial charge < -0.3 is 9.47 Å². The van der Waals surface area contributed by atoms with E-state index in [1.54, 1.807) is 0 Å². The summed E-state index contributed by atoms with van der Waals surface area (Å²) in [4.78, 5) is 0. The number of alkyl halides is 2. The number of benzene rings is 2. The van der Waals surface area contributed by atoms with Crippen molar-refractivity contribution in [2.75, 3.05) is 23.9 Å². The van der Waals surface area contributed by atoms with E-state index in [9.17, 15) is 0 Å². The van der Waals surface area contributed by atoms with Crippen molar-refractivity contribution in [3.8, 4) is 11.5 Å². The summed E-state index contributed by atoms with van der Waals surface area (Å²) in [5, 5.41) is 4.61. The monoisotopic (exact) mass is 568 g/mol. The van der Waals surface area contributed by atoms with E-state index < -0.39 is 0 Å². The van der Waals surface area contributed by atoms with Crippen LogP contribution in [-0.4, -0.2) is 23.9 Å². The van der Waals surface area contributed by atoms with Crippen molar-refractivity contribution in [3.63, 3.8) is 0 Å². The second-order valence-electron chi connectivity index (χ2n) is 8.89. The van der Waals surface area contributed by atoms with Crippen molar-refractivity contribution in [3.05, 3.63) is 35.4 Å². The summed E-state index contributed by atoms with van der Waals surface area (Å²) in [6, 6.07) is 8.79. The summed E-state index contributed by atoms with van der Waals surface area (Å²) in [5.41, 5.74) is 2.43. The van der Waals surface area contributed by atoms with Gasteiger partial charge in [0.05, 0.1) is 13.2 Å². The average Bonchev–Trinajstić information content (AvgIpc) is 2.79. The van der Waals surface area contributed by atoms with Gasteiger partial charge in [-0.2, -0.15) is 0 Å². The largest absolute Gasteiger partial charge is 0.493 e. The molecule has 0 amide bonds. The van der Waals surface area contributed by atoms with E-state index in [-0.39, 0.29) is 0 Å². The normalized spacial score (nSPS) is 11.2. The Morgan fingerprint density at radius 1 is 0.594 bits per heavy atom. The highest BCUT2D eigenvalue weighted by molar-refractivity contribution is 9.09. The van der Waals surface area contributed by atoms with Crippen LogP contribution in [0.25, 0.3) is 10.8 Å². The number of halogens is 2. The molecule has 0 heterocycles. The van der Waals surface area contributed by atoms with Gasteiger partial charge in [0.2, 0.25) is 0 Å². The van der Waals surface area contributed by atoms with Gasteiger partial charge in [0, 0.05) is 21.4 Å². The fourth-order valence-corrected chi connectivity index (χ4v) is 4.88. The summed E-state index contributed by atoms with van der Waals surface area (Å²) >= 11 is 7.01. The topological polar surface area (TPSA) is 18.5 Å². The number of hydrogen-bond acceptors (Lipinski definition) is 2. The molecule has 0 N–H and O–H groups in total. The molecule has 4 heteroatoms. The van der Waals surface area contributed by atoms with Crippen LogP contribution in [0.15, 0.2) is 24.3 Å². The lowest BCUT2D eigenvalue weighted by Crippen LogP contribution is -2.03. The molecule has 0 spiro atoms. The fourth-order valence-electron chi connectivity index (χ4n) is 4.09. The quantitative estimate of drug-likeness (QED) is 0.131. The highest BCUT2D eigenvalue weighted by Gasteiger charge is 2.12. The number of ether oxygens (including phenoxy) is 2. The summed E-state index contributed by atoms with van der Waals surface area (Å²) in [6.45, 7) is 5.87. The lowest BCUT2D eigenvalue weighted by atomic mass is 10.0. The zero-order chi connectivity index (χ0) is 23.0. The summed E-state index contributed by atoms with van der Waals surface area (Å²) in [7, 11) is 0. The van der Waals surface area contributed by atoms with Crippen LogP contribution in [0, 0.1) is 13.8 Å². The molecule has 0 fully saturated rings. The Bertz CT molecular complexity index is 776. The van der Waals surface area contributed by atoms with Crippen molar-refractivity contribution in [1.29, 1.82) is 0 Å². The number of unbranched alkanes of at least 4 members (excludes halogenated alkanes) is 10. The molecule has 2 nitrogen and oxygen atoms in total. The second-order valence-corrected chi connectivity index (χ2v) is 10.5. The van der Waals surface area contributed by atoms with Crippen molar-refractivity contribution in [1.82, 2.24) is 0 Å². The van der Waals surface area contributed by atoms with Crippen molar-refractivity contribution < 1.29 is 9.47 Å². The second kappa shape index (κ2) is 16.8. The van der Waals surface area contributed by atoms with Gasteiger partial charge in [-0.15, -0.1) is 0 Å². The zero-order valence-corrected chi connectivity index (χ0v) is 23.4. The third-order valence-electron chi connectivity index (χ3n) is 5.95. The van der Waals surface area contributed by atoms with Crippen molar-refractivity contribution in [2.24, 2.45) is 0 Å². The molecule has 0 bridgehead atoms. The van der Waals surface area contributed by atoms with E-state index in [2.05, 4.69) is 70.0 Å². The molecule has 0 aliphatic rings. The van der Waals surface area contributed by atoms with Crippen LogP contribution in [0.2, 0.25) is 0 Å². The third-order valence-corrected chi connectivity index (χ3v) is 7.07. The van der Waals surface area contributed by atoms with Gasteiger partial charge in [0.25, 0.3) is 0 Å². The van der Waals surface area contributed by atoms with E-state index in [4.69, 9.17) is 9.47 Å². The third kappa shape index (κ3) is 10.0. The number of hydrogen-bond donors (Lipinski definition) is 0. The van der Waals surface area contributed by atoms with Gasteiger partial charge in [-0.1, -0.05) is 101 Å². The minimum Gasteiger partial charge on any atom is -0.493 e. The molecular formula is C28H42Br2O2. The first kappa shape index (κ1) is 27.5. The summed E-state index contributed by atoms with van der Waals surface area (Å²) in [6.07, 6.45) is 15.2. The Labute approximate surface area is 213 Å². The lowest BCUT2D eigenvalue weighted by Gasteiger charge is -2.17. The maximum atomic E-state index is 6.30. The van der Waals surface area contributed by atoms with Crippen LogP contribution < -0.4 is 9.47 Å². The highest BCUT2D eigenvalue weighted by atomic mass is 79.9. The smallest absolute Gasteiger partial charge is 0.130 e. The van der Waals surface area contributed by atoms with E-state index >= 15 is 0 Å². The molecule has 0 aliphatic heterocycles. The van der Waals surface area contributed by atoms with Crippen LogP contribution in [-0.2, 0) is 0 Å². The molecule has 0 radical (unpaired) electrons. The minimum absolute atomic E-state index is 0.788. The molecule has 32 heavy (non-hydrogen) atoms.